The monoisotopic (exact) mass is 272 g/mol. The molecule has 1 fully saturated rings. The van der Waals surface area contributed by atoms with Gasteiger partial charge in [0.2, 0.25) is 10.0 Å². The Balaban J connectivity index is 2.31. The zero-order valence-electron chi connectivity index (χ0n) is 10.0. The van der Waals surface area contributed by atoms with Gasteiger partial charge in [0.25, 0.3) is 0 Å². The Morgan fingerprint density at radius 3 is 2.61 bits per heavy atom. The topological polar surface area (TPSA) is 72.2 Å². The largest absolute Gasteiger partial charge is 0.326 e. The van der Waals surface area contributed by atoms with Crippen molar-refractivity contribution in [1.82, 2.24) is 4.72 Å². The highest BCUT2D eigenvalue weighted by Crippen LogP contribution is 2.23. The number of nitrogens with one attached hydrogen (secondary N) is 1. The van der Waals surface area contributed by atoms with Gasteiger partial charge in [-0.1, -0.05) is 18.9 Å². The summed E-state index contributed by atoms with van der Waals surface area (Å²) in [7, 11) is -3.68. The summed E-state index contributed by atoms with van der Waals surface area (Å²) < 4.78 is 40.5. The van der Waals surface area contributed by atoms with Crippen LogP contribution in [-0.2, 0) is 16.6 Å². The first-order valence-corrected chi connectivity index (χ1v) is 7.52. The highest BCUT2D eigenvalue weighted by molar-refractivity contribution is 7.89. The summed E-state index contributed by atoms with van der Waals surface area (Å²) in [5, 5.41) is 0. The molecule has 0 amide bonds. The average Bonchev–Trinajstić information content (AvgIpc) is 2.80. The third kappa shape index (κ3) is 2.71. The lowest BCUT2D eigenvalue weighted by molar-refractivity contribution is 0.547. The molecule has 0 atom stereocenters. The predicted molar refractivity (Wildman–Crippen MR) is 66.9 cm³/mol. The third-order valence-electron chi connectivity index (χ3n) is 3.25. The molecule has 0 unspecified atom stereocenters. The fourth-order valence-electron chi connectivity index (χ4n) is 2.32. The number of hydrogen-bond acceptors (Lipinski definition) is 3. The summed E-state index contributed by atoms with van der Waals surface area (Å²) in [6.45, 7) is -0.131. The first kappa shape index (κ1) is 13.5. The Hall–Kier alpha value is -0.980. The molecule has 4 nitrogen and oxygen atoms in total. The van der Waals surface area contributed by atoms with Gasteiger partial charge in [0, 0.05) is 18.2 Å². The second kappa shape index (κ2) is 5.34. The predicted octanol–water partition coefficient (Wildman–Crippen LogP) is 1.51. The van der Waals surface area contributed by atoms with Crippen molar-refractivity contribution < 1.29 is 12.8 Å². The van der Waals surface area contributed by atoms with E-state index in [1.165, 1.54) is 18.2 Å². The summed E-state index contributed by atoms with van der Waals surface area (Å²) in [5.41, 5.74) is 5.47. The smallest absolute Gasteiger partial charge is 0.241 e. The van der Waals surface area contributed by atoms with Crippen molar-refractivity contribution in [3.8, 4) is 0 Å². The van der Waals surface area contributed by atoms with Gasteiger partial charge in [-0.3, -0.25) is 0 Å². The lowest BCUT2D eigenvalue weighted by Crippen LogP contribution is -2.33. The van der Waals surface area contributed by atoms with E-state index in [-0.39, 0.29) is 23.0 Å². The first-order valence-electron chi connectivity index (χ1n) is 6.04. The molecule has 6 heteroatoms. The van der Waals surface area contributed by atoms with Crippen molar-refractivity contribution in [3.05, 3.63) is 29.6 Å². The molecular weight excluding hydrogens is 255 g/mol. The molecule has 0 radical (unpaired) electrons. The van der Waals surface area contributed by atoms with Crippen LogP contribution in [0.5, 0.6) is 0 Å². The number of sulfonamides is 1. The number of rotatable bonds is 4. The summed E-state index contributed by atoms with van der Waals surface area (Å²) in [5.74, 6) is -0.577. The van der Waals surface area contributed by atoms with Gasteiger partial charge in [-0.25, -0.2) is 17.5 Å². The van der Waals surface area contributed by atoms with Crippen molar-refractivity contribution in [3.63, 3.8) is 0 Å². The van der Waals surface area contributed by atoms with E-state index in [1.54, 1.807) is 0 Å². The van der Waals surface area contributed by atoms with Gasteiger partial charge in [0.05, 0.1) is 4.90 Å². The molecule has 1 aliphatic carbocycles. The summed E-state index contributed by atoms with van der Waals surface area (Å²) in [4.78, 5) is -0.0445. The molecule has 0 bridgehead atoms. The van der Waals surface area contributed by atoms with Crippen LogP contribution in [0.15, 0.2) is 23.1 Å². The van der Waals surface area contributed by atoms with Crippen LogP contribution in [0.25, 0.3) is 0 Å². The molecule has 1 aromatic carbocycles. The average molecular weight is 272 g/mol. The Bertz CT molecular complexity index is 525. The van der Waals surface area contributed by atoms with Crippen LogP contribution in [-0.4, -0.2) is 14.5 Å². The van der Waals surface area contributed by atoms with Crippen molar-refractivity contribution >= 4 is 10.0 Å². The summed E-state index contributed by atoms with van der Waals surface area (Å²) >= 11 is 0. The summed E-state index contributed by atoms with van der Waals surface area (Å²) in [6, 6.07) is 3.96. The standard InChI is InChI=1S/C12H17FN2O2S/c13-11-6-3-7-12(10(11)8-14)18(16,17)15-9-4-1-2-5-9/h3,6-7,9,15H,1-2,4-5,8,14H2. The lowest BCUT2D eigenvalue weighted by atomic mass is 10.2. The van der Waals surface area contributed by atoms with Gasteiger partial charge >= 0.3 is 0 Å². The second-order valence-electron chi connectivity index (χ2n) is 4.52. The lowest BCUT2D eigenvalue weighted by Gasteiger charge is -2.15. The maximum atomic E-state index is 13.5. The number of nitrogens with two attached hydrogens (primary N) is 1. The third-order valence-corrected chi connectivity index (χ3v) is 4.85. The minimum absolute atomic E-state index is 0.0381. The Morgan fingerprint density at radius 2 is 2.00 bits per heavy atom. The molecule has 100 valence electrons. The van der Waals surface area contributed by atoms with Gasteiger partial charge in [0.15, 0.2) is 0 Å². The molecule has 18 heavy (non-hydrogen) atoms. The van der Waals surface area contributed by atoms with E-state index in [4.69, 9.17) is 5.73 Å². The molecule has 0 heterocycles. The van der Waals surface area contributed by atoms with Gasteiger partial charge in [0.1, 0.15) is 5.82 Å². The normalized spacial score (nSPS) is 17.2. The Morgan fingerprint density at radius 1 is 1.33 bits per heavy atom. The zero-order valence-corrected chi connectivity index (χ0v) is 10.8. The minimum atomic E-state index is -3.68. The van der Waals surface area contributed by atoms with E-state index in [9.17, 15) is 12.8 Å². The molecular formula is C12H17FN2O2S. The minimum Gasteiger partial charge on any atom is -0.326 e. The van der Waals surface area contributed by atoms with Crippen LogP contribution in [0.1, 0.15) is 31.2 Å². The van der Waals surface area contributed by atoms with Crippen LogP contribution < -0.4 is 10.5 Å². The van der Waals surface area contributed by atoms with Gasteiger partial charge in [-0.2, -0.15) is 0 Å². The maximum Gasteiger partial charge on any atom is 0.241 e. The van der Waals surface area contributed by atoms with E-state index in [0.29, 0.717) is 0 Å². The summed E-state index contributed by atoms with van der Waals surface area (Å²) in [6.07, 6.45) is 3.74. The number of hydrogen-bond donors (Lipinski definition) is 2. The quantitative estimate of drug-likeness (QED) is 0.872. The van der Waals surface area contributed by atoms with Crippen LogP contribution >= 0.6 is 0 Å². The van der Waals surface area contributed by atoms with Crippen LogP contribution in [0.2, 0.25) is 0 Å². The molecule has 3 N–H and O–H groups in total. The molecule has 2 rings (SSSR count). The van der Waals surface area contributed by atoms with E-state index in [1.807, 2.05) is 0 Å². The molecule has 1 aromatic rings. The SMILES string of the molecule is NCc1c(F)cccc1S(=O)(=O)NC1CCCC1. The highest BCUT2D eigenvalue weighted by Gasteiger charge is 2.25. The van der Waals surface area contributed by atoms with Crippen molar-refractivity contribution in [2.75, 3.05) is 0 Å². The van der Waals surface area contributed by atoms with Gasteiger partial charge in [-0.15, -0.1) is 0 Å². The van der Waals surface area contributed by atoms with Crippen LogP contribution in [0.4, 0.5) is 4.39 Å². The molecule has 0 aliphatic heterocycles. The van der Waals surface area contributed by atoms with E-state index < -0.39 is 15.8 Å². The van der Waals surface area contributed by atoms with Crippen molar-refractivity contribution in [2.45, 2.75) is 43.2 Å². The van der Waals surface area contributed by atoms with Gasteiger partial charge in [-0.05, 0) is 25.0 Å². The van der Waals surface area contributed by atoms with Crippen LogP contribution in [0, 0.1) is 5.82 Å². The number of halogens is 1. The van der Waals surface area contributed by atoms with E-state index in [2.05, 4.69) is 4.72 Å². The fourth-order valence-corrected chi connectivity index (χ4v) is 3.88. The first-order chi connectivity index (χ1) is 8.54. The maximum absolute atomic E-state index is 13.5. The molecule has 0 spiro atoms. The Labute approximate surface area is 106 Å². The van der Waals surface area contributed by atoms with Gasteiger partial charge < -0.3 is 5.73 Å². The van der Waals surface area contributed by atoms with Crippen LogP contribution in [0.3, 0.4) is 0 Å². The number of benzene rings is 1. The fraction of sp³-hybridized carbons (Fsp3) is 0.500. The highest BCUT2D eigenvalue weighted by atomic mass is 32.2. The van der Waals surface area contributed by atoms with Crippen molar-refractivity contribution in [2.24, 2.45) is 5.73 Å². The molecule has 1 saturated carbocycles. The van der Waals surface area contributed by atoms with E-state index >= 15 is 0 Å². The van der Waals surface area contributed by atoms with E-state index in [0.717, 1.165) is 25.7 Å². The van der Waals surface area contributed by atoms with Crippen molar-refractivity contribution in [1.29, 1.82) is 0 Å². The molecule has 0 saturated heterocycles. The Kier molecular flexibility index (Phi) is 3.99. The second-order valence-corrected chi connectivity index (χ2v) is 6.21. The molecule has 0 aromatic heterocycles. The molecule has 1 aliphatic rings. The zero-order chi connectivity index (χ0) is 13.2.